The average molecular weight is 302 g/mol. The first-order valence-corrected chi connectivity index (χ1v) is 6.86. The molecule has 0 aliphatic rings. The number of non-ortho nitro benzene ring substituents is 1. The molecule has 106 valence electrons. The number of benzene rings is 1. The number of nitrogen functional groups attached to an aromatic ring is 1. The minimum atomic E-state index is -0.458. The van der Waals surface area contributed by atoms with Gasteiger partial charge in [0, 0.05) is 17.7 Å². The van der Waals surface area contributed by atoms with Gasteiger partial charge in [0.15, 0.2) is 0 Å². The number of aromatic nitrogens is 2. The van der Waals surface area contributed by atoms with Crippen molar-refractivity contribution in [2.75, 3.05) is 5.73 Å². The van der Waals surface area contributed by atoms with E-state index in [2.05, 4.69) is 10.1 Å². The van der Waals surface area contributed by atoms with Crippen molar-refractivity contribution < 1.29 is 9.45 Å². The Morgan fingerprint density at radius 3 is 2.81 bits per heavy atom. The third-order valence-corrected chi connectivity index (χ3v) is 3.77. The second-order valence-electron chi connectivity index (χ2n) is 4.38. The molecule has 1 aromatic carbocycles. The van der Waals surface area contributed by atoms with Gasteiger partial charge in [0.1, 0.15) is 0 Å². The molecule has 3 rings (SSSR count). The number of nitro groups is 1. The highest BCUT2D eigenvalue weighted by molar-refractivity contribution is 7.14. The van der Waals surface area contributed by atoms with Crippen LogP contribution in [-0.2, 0) is 0 Å². The number of nitro benzene ring substituents is 1. The summed E-state index contributed by atoms with van der Waals surface area (Å²) in [5.74, 6) is 0.603. The van der Waals surface area contributed by atoms with Gasteiger partial charge in [-0.05, 0) is 23.9 Å². The van der Waals surface area contributed by atoms with Gasteiger partial charge in [-0.25, -0.2) is 0 Å². The van der Waals surface area contributed by atoms with E-state index >= 15 is 0 Å². The molecule has 2 heterocycles. The van der Waals surface area contributed by atoms with Gasteiger partial charge in [-0.2, -0.15) is 4.98 Å². The minimum Gasteiger partial charge on any atom is -0.390 e. The zero-order chi connectivity index (χ0) is 15.0. The van der Waals surface area contributed by atoms with Gasteiger partial charge >= 0.3 is 0 Å². The number of thiophene rings is 1. The molecule has 0 aliphatic carbocycles. The summed E-state index contributed by atoms with van der Waals surface area (Å²) in [5, 5.41) is 17.2. The smallest absolute Gasteiger partial charge is 0.270 e. The number of rotatable bonds is 3. The molecule has 0 atom stereocenters. The van der Waals surface area contributed by atoms with E-state index in [4.69, 9.17) is 10.3 Å². The fourth-order valence-corrected chi connectivity index (χ4v) is 2.54. The molecule has 3 aromatic rings. The highest BCUT2D eigenvalue weighted by Crippen LogP contribution is 2.32. The second kappa shape index (κ2) is 4.98. The molecule has 0 radical (unpaired) electrons. The lowest BCUT2D eigenvalue weighted by atomic mass is 10.1. The molecule has 0 amide bonds. The maximum atomic E-state index is 10.9. The summed E-state index contributed by atoms with van der Waals surface area (Å²) in [5.41, 5.74) is 7.86. The van der Waals surface area contributed by atoms with Crippen LogP contribution in [0.25, 0.3) is 22.8 Å². The first-order chi connectivity index (χ1) is 10.1. The van der Waals surface area contributed by atoms with Crippen molar-refractivity contribution in [3.05, 3.63) is 45.3 Å². The number of aryl methyl sites for hydroxylation is 1. The van der Waals surface area contributed by atoms with E-state index in [1.807, 2.05) is 12.3 Å². The van der Waals surface area contributed by atoms with Gasteiger partial charge in [0.05, 0.1) is 15.5 Å². The molecule has 0 unspecified atom stereocenters. The van der Waals surface area contributed by atoms with Crippen LogP contribution in [0.1, 0.15) is 5.56 Å². The maximum Gasteiger partial charge on any atom is 0.270 e. The molecular weight excluding hydrogens is 292 g/mol. The molecule has 2 N–H and O–H groups in total. The summed E-state index contributed by atoms with van der Waals surface area (Å²) >= 11 is 1.37. The number of hydrogen-bond acceptors (Lipinski definition) is 7. The highest BCUT2D eigenvalue weighted by Gasteiger charge is 2.17. The predicted molar refractivity (Wildman–Crippen MR) is 78.9 cm³/mol. The molecule has 21 heavy (non-hydrogen) atoms. The van der Waals surface area contributed by atoms with Crippen LogP contribution in [0.4, 0.5) is 10.7 Å². The predicted octanol–water partition coefficient (Wildman–Crippen LogP) is 3.26. The van der Waals surface area contributed by atoms with Crippen molar-refractivity contribution >= 4 is 22.0 Å². The monoisotopic (exact) mass is 302 g/mol. The van der Waals surface area contributed by atoms with Crippen LogP contribution in [0.15, 0.2) is 34.2 Å². The molecular formula is C13H10N4O3S. The van der Waals surface area contributed by atoms with Crippen molar-refractivity contribution in [3.8, 4) is 22.8 Å². The van der Waals surface area contributed by atoms with Crippen molar-refractivity contribution in [1.82, 2.24) is 10.1 Å². The lowest BCUT2D eigenvalue weighted by Gasteiger charge is -2.00. The number of hydrogen-bond donors (Lipinski definition) is 1. The maximum absolute atomic E-state index is 10.9. The Hall–Kier alpha value is -2.74. The Morgan fingerprint density at radius 2 is 2.14 bits per heavy atom. The summed E-state index contributed by atoms with van der Waals surface area (Å²) in [7, 11) is 0. The van der Waals surface area contributed by atoms with Gasteiger partial charge in [-0.3, -0.25) is 10.1 Å². The van der Waals surface area contributed by atoms with Crippen LogP contribution >= 0.6 is 11.3 Å². The van der Waals surface area contributed by atoms with Gasteiger partial charge in [0.25, 0.3) is 11.6 Å². The molecule has 2 aromatic heterocycles. The molecule has 8 heteroatoms. The number of anilines is 1. The Balaban J connectivity index is 2.06. The van der Waals surface area contributed by atoms with Crippen LogP contribution in [0.3, 0.4) is 0 Å². The van der Waals surface area contributed by atoms with E-state index in [0.717, 1.165) is 5.56 Å². The third-order valence-electron chi connectivity index (χ3n) is 3.02. The Kier molecular flexibility index (Phi) is 3.15. The third kappa shape index (κ3) is 2.36. The van der Waals surface area contributed by atoms with Gasteiger partial charge in [-0.15, -0.1) is 11.3 Å². The minimum absolute atomic E-state index is 0.0167. The largest absolute Gasteiger partial charge is 0.390 e. The summed E-state index contributed by atoms with van der Waals surface area (Å²) in [6.07, 6.45) is 0. The van der Waals surface area contributed by atoms with E-state index in [1.54, 1.807) is 12.1 Å². The summed E-state index contributed by atoms with van der Waals surface area (Å²) < 4.78 is 5.20. The van der Waals surface area contributed by atoms with E-state index in [1.165, 1.54) is 23.5 Å². The topological polar surface area (TPSA) is 108 Å². The quantitative estimate of drug-likeness (QED) is 0.587. The van der Waals surface area contributed by atoms with Crippen LogP contribution in [0, 0.1) is 17.0 Å². The van der Waals surface area contributed by atoms with Crippen LogP contribution < -0.4 is 5.73 Å². The van der Waals surface area contributed by atoms with Crippen LogP contribution in [0.5, 0.6) is 0 Å². The Morgan fingerprint density at radius 1 is 1.33 bits per heavy atom. The lowest BCUT2D eigenvalue weighted by Crippen LogP contribution is -1.91. The highest BCUT2D eigenvalue weighted by atomic mass is 32.1. The van der Waals surface area contributed by atoms with E-state index in [-0.39, 0.29) is 5.69 Å². The molecule has 0 bridgehead atoms. The fraction of sp³-hybridized carbons (Fsp3) is 0.0769. The van der Waals surface area contributed by atoms with E-state index in [9.17, 15) is 10.1 Å². The first-order valence-electron chi connectivity index (χ1n) is 5.98. The Bertz CT molecular complexity index is 824. The Labute approximate surface area is 123 Å². The molecule has 0 aliphatic heterocycles. The van der Waals surface area contributed by atoms with Crippen molar-refractivity contribution in [1.29, 1.82) is 0 Å². The molecule has 0 fully saturated rings. The lowest BCUT2D eigenvalue weighted by molar-refractivity contribution is -0.384. The fourth-order valence-electron chi connectivity index (χ4n) is 1.90. The summed E-state index contributed by atoms with van der Waals surface area (Å²) in [6.45, 7) is 1.83. The van der Waals surface area contributed by atoms with Crippen LogP contribution in [-0.4, -0.2) is 15.1 Å². The SMILES string of the molecule is Cc1ccc([N+](=O)[O-])cc1-c1noc(-c2ccsc2N)n1. The van der Waals surface area contributed by atoms with Gasteiger partial charge in [0.2, 0.25) is 5.82 Å². The van der Waals surface area contributed by atoms with Gasteiger partial charge < -0.3 is 10.3 Å². The van der Waals surface area contributed by atoms with E-state index < -0.39 is 4.92 Å². The van der Waals surface area contributed by atoms with Crippen LogP contribution in [0.2, 0.25) is 0 Å². The standard InChI is InChI=1S/C13H10N4O3S/c1-7-2-3-8(17(18)19)6-10(7)12-15-13(20-16-12)9-4-5-21-11(9)14/h2-6H,14H2,1H3. The van der Waals surface area contributed by atoms with Crippen molar-refractivity contribution in [3.63, 3.8) is 0 Å². The average Bonchev–Trinajstić information content (AvgIpc) is 3.07. The summed E-state index contributed by atoms with van der Waals surface area (Å²) in [6, 6.07) is 6.32. The summed E-state index contributed by atoms with van der Waals surface area (Å²) in [4.78, 5) is 14.7. The molecule has 7 nitrogen and oxygen atoms in total. The number of nitrogens with two attached hydrogens (primary N) is 1. The van der Waals surface area contributed by atoms with Gasteiger partial charge in [-0.1, -0.05) is 11.2 Å². The number of nitrogens with zero attached hydrogens (tertiary/aromatic N) is 3. The van der Waals surface area contributed by atoms with Crippen molar-refractivity contribution in [2.45, 2.75) is 6.92 Å². The zero-order valence-electron chi connectivity index (χ0n) is 10.9. The van der Waals surface area contributed by atoms with E-state index in [0.29, 0.717) is 27.8 Å². The first kappa shape index (κ1) is 13.3. The second-order valence-corrected chi connectivity index (χ2v) is 5.33. The molecule has 0 saturated carbocycles. The normalized spacial score (nSPS) is 10.7. The molecule has 0 spiro atoms. The zero-order valence-corrected chi connectivity index (χ0v) is 11.8. The van der Waals surface area contributed by atoms with Crippen molar-refractivity contribution in [2.24, 2.45) is 0 Å². The molecule has 0 saturated heterocycles.